The SMILES string of the molecule is CN(CC(=O)NCC1CCCCC1)CC1CC(=O)N(C)C1. The Morgan fingerprint density at radius 3 is 2.62 bits per heavy atom. The van der Waals surface area contributed by atoms with E-state index in [2.05, 4.69) is 5.32 Å². The molecule has 120 valence electrons. The molecule has 0 bridgehead atoms. The summed E-state index contributed by atoms with van der Waals surface area (Å²) in [5.74, 6) is 1.36. The lowest BCUT2D eigenvalue weighted by atomic mass is 9.89. The smallest absolute Gasteiger partial charge is 0.234 e. The third kappa shape index (κ3) is 5.30. The summed E-state index contributed by atoms with van der Waals surface area (Å²) in [6, 6.07) is 0. The Hall–Kier alpha value is -1.10. The molecule has 1 N–H and O–H groups in total. The van der Waals surface area contributed by atoms with Crippen molar-refractivity contribution in [1.29, 1.82) is 0 Å². The van der Waals surface area contributed by atoms with Crippen LogP contribution in [0.4, 0.5) is 0 Å². The lowest BCUT2D eigenvalue weighted by molar-refractivity contribution is -0.126. The molecule has 0 radical (unpaired) electrons. The first-order valence-corrected chi connectivity index (χ1v) is 8.24. The second kappa shape index (κ2) is 7.78. The maximum absolute atomic E-state index is 12.0. The molecule has 2 amide bonds. The molecule has 2 fully saturated rings. The maximum atomic E-state index is 12.0. The van der Waals surface area contributed by atoms with Gasteiger partial charge in [-0.25, -0.2) is 0 Å². The average molecular weight is 295 g/mol. The van der Waals surface area contributed by atoms with E-state index in [0.29, 0.717) is 24.8 Å². The van der Waals surface area contributed by atoms with Crippen LogP contribution in [-0.2, 0) is 9.59 Å². The standard InChI is InChI=1S/C16H29N3O2/c1-18(10-14-8-16(21)19(2)11-14)12-15(20)17-9-13-6-4-3-5-7-13/h13-14H,3-12H2,1-2H3,(H,17,20). The van der Waals surface area contributed by atoms with E-state index in [1.165, 1.54) is 32.1 Å². The quantitative estimate of drug-likeness (QED) is 0.798. The van der Waals surface area contributed by atoms with Crippen LogP contribution in [0.2, 0.25) is 0 Å². The minimum Gasteiger partial charge on any atom is -0.355 e. The number of likely N-dealkylation sites (N-methyl/N-ethyl adjacent to an activating group) is 1. The Kier molecular flexibility index (Phi) is 6.03. The van der Waals surface area contributed by atoms with Crippen molar-refractivity contribution in [3.8, 4) is 0 Å². The van der Waals surface area contributed by atoms with Crippen LogP contribution in [0.1, 0.15) is 38.5 Å². The highest BCUT2D eigenvalue weighted by Gasteiger charge is 2.27. The Morgan fingerprint density at radius 1 is 1.29 bits per heavy atom. The van der Waals surface area contributed by atoms with Crippen molar-refractivity contribution in [1.82, 2.24) is 15.1 Å². The van der Waals surface area contributed by atoms with Crippen LogP contribution in [0.25, 0.3) is 0 Å². The largest absolute Gasteiger partial charge is 0.355 e. The fraction of sp³-hybridized carbons (Fsp3) is 0.875. The molecule has 2 rings (SSSR count). The summed E-state index contributed by atoms with van der Waals surface area (Å²) in [6.45, 7) is 2.89. The molecule has 1 saturated carbocycles. The van der Waals surface area contributed by atoms with E-state index in [1.807, 2.05) is 19.0 Å². The molecule has 1 atom stereocenters. The van der Waals surface area contributed by atoms with Gasteiger partial charge in [0.15, 0.2) is 0 Å². The number of hydrogen-bond acceptors (Lipinski definition) is 3. The van der Waals surface area contributed by atoms with Crippen molar-refractivity contribution in [2.45, 2.75) is 38.5 Å². The number of likely N-dealkylation sites (tertiary alicyclic amines) is 1. The number of nitrogens with zero attached hydrogens (tertiary/aromatic N) is 2. The van der Waals surface area contributed by atoms with E-state index in [0.717, 1.165) is 19.6 Å². The maximum Gasteiger partial charge on any atom is 0.234 e. The Morgan fingerprint density at radius 2 is 2.00 bits per heavy atom. The molecule has 1 unspecified atom stereocenters. The minimum absolute atomic E-state index is 0.112. The van der Waals surface area contributed by atoms with Crippen LogP contribution >= 0.6 is 0 Å². The first-order chi connectivity index (χ1) is 10.0. The number of carbonyl (C=O) groups excluding carboxylic acids is 2. The number of hydrogen-bond donors (Lipinski definition) is 1. The fourth-order valence-corrected chi connectivity index (χ4v) is 3.53. The minimum atomic E-state index is 0.112. The summed E-state index contributed by atoms with van der Waals surface area (Å²) < 4.78 is 0. The van der Waals surface area contributed by atoms with Gasteiger partial charge in [0.1, 0.15) is 0 Å². The van der Waals surface area contributed by atoms with Crippen molar-refractivity contribution in [2.75, 3.05) is 40.3 Å². The topological polar surface area (TPSA) is 52.7 Å². The molecule has 21 heavy (non-hydrogen) atoms. The van der Waals surface area contributed by atoms with Gasteiger partial charge < -0.3 is 10.2 Å². The molecule has 1 aliphatic heterocycles. The van der Waals surface area contributed by atoms with E-state index in [9.17, 15) is 9.59 Å². The molecule has 0 aromatic rings. The van der Waals surface area contributed by atoms with E-state index in [1.54, 1.807) is 4.90 Å². The monoisotopic (exact) mass is 295 g/mol. The molecule has 1 aliphatic carbocycles. The van der Waals surface area contributed by atoms with Gasteiger partial charge in [0.2, 0.25) is 11.8 Å². The number of carbonyl (C=O) groups is 2. The number of nitrogens with one attached hydrogen (secondary N) is 1. The van der Waals surface area contributed by atoms with Gasteiger partial charge in [0, 0.05) is 33.1 Å². The highest BCUT2D eigenvalue weighted by atomic mass is 16.2. The normalized spacial score (nSPS) is 23.9. The fourth-order valence-electron chi connectivity index (χ4n) is 3.53. The van der Waals surface area contributed by atoms with E-state index in [-0.39, 0.29) is 11.8 Å². The van der Waals surface area contributed by atoms with Gasteiger partial charge in [-0.05, 0) is 31.7 Å². The molecule has 2 aliphatic rings. The third-order valence-electron chi connectivity index (χ3n) is 4.72. The molecular formula is C16H29N3O2. The molecule has 1 heterocycles. The molecule has 0 aromatic carbocycles. The summed E-state index contributed by atoms with van der Waals surface area (Å²) in [5, 5.41) is 3.07. The van der Waals surface area contributed by atoms with Gasteiger partial charge in [0.05, 0.1) is 6.54 Å². The Labute approximate surface area is 128 Å². The summed E-state index contributed by atoms with van der Waals surface area (Å²) in [6.07, 6.45) is 7.10. The van der Waals surface area contributed by atoms with Crippen LogP contribution in [0, 0.1) is 11.8 Å². The number of amides is 2. The van der Waals surface area contributed by atoms with E-state index in [4.69, 9.17) is 0 Å². The summed E-state index contributed by atoms with van der Waals surface area (Å²) >= 11 is 0. The first-order valence-electron chi connectivity index (χ1n) is 8.24. The average Bonchev–Trinajstić information content (AvgIpc) is 2.76. The van der Waals surface area contributed by atoms with Crippen molar-refractivity contribution in [2.24, 2.45) is 11.8 Å². The number of rotatable bonds is 6. The van der Waals surface area contributed by atoms with Crippen LogP contribution < -0.4 is 5.32 Å². The molecule has 5 nitrogen and oxygen atoms in total. The molecule has 1 saturated heterocycles. The Balaban J connectivity index is 1.61. The predicted molar refractivity (Wildman–Crippen MR) is 82.8 cm³/mol. The van der Waals surface area contributed by atoms with E-state index < -0.39 is 0 Å². The zero-order valence-corrected chi connectivity index (χ0v) is 13.4. The highest BCUT2D eigenvalue weighted by Crippen LogP contribution is 2.22. The second-order valence-electron chi connectivity index (χ2n) is 6.85. The van der Waals surface area contributed by atoms with Crippen molar-refractivity contribution in [3.05, 3.63) is 0 Å². The van der Waals surface area contributed by atoms with Gasteiger partial charge >= 0.3 is 0 Å². The Bertz CT molecular complexity index is 367. The lowest BCUT2D eigenvalue weighted by Crippen LogP contribution is -2.39. The van der Waals surface area contributed by atoms with Crippen molar-refractivity contribution < 1.29 is 9.59 Å². The van der Waals surface area contributed by atoms with E-state index >= 15 is 0 Å². The van der Waals surface area contributed by atoms with Gasteiger partial charge in [0.25, 0.3) is 0 Å². The summed E-state index contributed by atoms with van der Waals surface area (Å²) in [7, 11) is 3.81. The molecule has 0 aromatic heterocycles. The first kappa shape index (κ1) is 16.3. The molecule has 5 heteroatoms. The molecular weight excluding hydrogens is 266 g/mol. The van der Waals surface area contributed by atoms with Gasteiger partial charge in [-0.15, -0.1) is 0 Å². The van der Waals surface area contributed by atoms with Gasteiger partial charge in [-0.3, -0.25) is 14.5 Å². The zero-order chi connectivity index (χ0) is 15.2. The van der Waals surface area contributed by atoms with Crippen LogP contribution in [0.5, 0.6) is 0 Å². The van der Waals surface area contributed by atoms with Crippen LogP contribution in [-0.4, -0.2) is 61.9 Å². The summed E-state index contributed by atoms with van der Waals surface area (Å²) in [5.41, 5.74) is 0. The van der Waals surface area contributed by atoms with Crippen molar-refractivity contribution in [3.63, 3.8) is 0 Å². The van der Waals surface area contributed by atoms with Crippen LogP contribution in [0.15, 0.2) is 0 Å². The zero-order valence-electron chi connectivity index (χ0n) is 13.4. The predicted octanol–water partition coefficient (Wildman–Crippen LogP) is 1.09. The second-order valence-corrected chi connectivity index (χ2v) is 6.85. The third-order valence-corrected chi connectivity index (χ3v) is 4.72. The summed E-state index contributed by atoms with van der Waals surface area (Å²) in [4.78, 5) is 27.3. The van der Waals surface area contributed by atoms with Crippen molar-refractivity contribution >= 4 is 11.8 Å². The highest BCUT2D eigenvalue weighted by molar-refractivity contribution is 5.79. The molecule has 0 spiro atoms. The van der Waals surface area contributed by atoms with Gasteiger partial charge in [-0.1, -0.05) is 19.3 Å². The lowest BCUT2D eigenvalue weighted by Gasteiger charge is -2.23. The van der Waals surface area contributed by atoms with Gasteiger partial charge in [-0.2, -0.15) is 0 Å². The van der Waals surface area contributed by atoms with Crippen LogP contribution in [0.3, 0.4) is 0 Å².